The monoisotopic (exact) mass is 338 g/mol. The van der Waals surface area contributed by atoms with Gasteiger partial charge in [0.2, 0.25) is 0 Å². The highest BCUT2D eigenvalue weighted by atomic mass is 28.3. The van der Waals surface area contributed by atoms with E-state index >= 15 is 0 Å². The SMILES string of the molecule is CC#C/C=C/c1ccccc1[C@H]1OC(C)(C)O[C@@H]1C#C[Si](C)(C)C. The van der Waals surface area contributed by atoms with Gasteiger partial charge >= 0.3 is 0 Å². The highest BCUT2D eigenvalue weighted by molar-refractivity contribution is 6.83. The lowest BCUT2D eigenvalue weighted by Gasteiger charge is -2.18. The first-order valence-electron chi connectivity index (χ1n) is 8.28. The first-order valence-corrected chi connectivity index (χ1v) is 11.8. The molecule has 0 N–H and O–H groups in total. The van der Waals surface area contributed by atoms with Gasteiger partial charge in [-0.05, 0) is 44.1 Å². The molecule has 24 heavy (non-hydrogen) atoms. The van der Waals surface area contributed by atoms with Crippen molar-refractivity contribution in [1.82, 2.24) is 0 Å². The van der Waals surface area contributed by atoms with Gasteiger partial charge in [0.15, 0.2) is 11.9 Å². The van der Waals surface area contributed by atoms with E-state index in [0.717, 1.165) is 11.1 Å². The summed E-state index contributed by atoms with van der Waals surface area (Å²) in [4.78, 5) is 0. The van der Waals surface area contributed by atoms with Crippen LogP contribution < -0.4 is 0 Å². The molecule has 0 saturated carbocycles. The van der Waals surface area contributed by atoms with Crippen molar-refractivity contribution in [3.8, 4) is 23.3 Å². The van der Waals surface area contributed by atoms with Crippen LogP contribution >= 0.6 is 0 Å². The molecule has 0 aliphatic carbocycles. The van der Waals surface area contributed by atoms with Crippen molar-refractivity contribution in [1.29, 1.82) is 0 Å². The molecule has 1 aromatic rings. The number of rotatable bonds is 2. The molecule has 2 atom stereocenters. The molecule has 0 spiro atoms. The summed E-state index contributed by atoms with van der Waals surface area (Å²) in [6.07, 6.45) is 3.43. The Kier molecular flexibility index (Phi) is 5.73. The van der Waals surface area contributed by atoms with Crippen molar-refractivity contribution < 1.29 is 9.47 Å². The summed E-state index contributed by atoms with van der Waals surface area (Å²) in [5.41, 5.74) is 5.60. The molecule has 2 rings (SSSR count). The first-order chi connectivity index (χ1) is 11.2. The molecule has 1 aliphatic heterocycles. The second-order valence-electron chi connectivity index (χ2n) is 7.35. The minimum absolute atomic E-state index is 0.195. The second-order valence-corrected chi connectivity index (χ2v) is 12.1. The third kappa shape index (κ3) is 5.11. The van der Waals surface area contributed by atoms with Crippen LogP contribution in [0.1, 0.15) is 38.0 Å². The summed E-state index contributed by atoms with van der Waals surface area (Å²) < 4.78 is 12.2. The summed E-state index contributed by atoms with van der Waals surface area (Å²) >= 11 is 0. The van der Waals surface area contributed by atoms with Crippen molar-refractivity contribution in [2.45, 2.75) is 58.4 Å². The lowest BCUT2D eigenvalue weighted by molar-refractivity contribution is -0.143. The van der Waals surface area contributed by atoms with Gasteiger partial charge < -0.3 is 9.47 Å². The molecular weight excluding hydrogens is 312 g/mol. The largest absolute Gasteiger partial charge is 0.339 e. The molecule has 0 radical (unpaired) electrons. The van der Waals surface area contributed by atoms with Crippen molar-refractivity contribution >= 4 is 14.1 Å². The normalized spacial score (nSPS) is 22.6. The Hall–Kier alpha value is -1.78. The fourth-order valence-electron chi connectivity index (χ4n) is 2.52. The Morgan fingerprint density at radius 3 is 2.50 bits per heavy atom. The fourth-order valence-corrected chi connectivity index (χ4v) is 3.09. The maximum atomic E-state index is 6.18. The van der Waals surface area contributed by atoms with Crippen molar-refractivity contribution in [2.24, 2.45) is 0 Å². The number of hydrogen-bond acceptors (Lipinski definition) is 2. The molecule has 3 heteroatoms. The van der Waals surface area contributed by atoms with Gasteiger partial charge in [0.05, 0.1) is 0 Å². The average molecular weight is 339 g/mol. The molecule has 2 nitrogen and oxygen atoms in total. The topological polar surface area (TPSA) is 18.5 Å². The van der Waals surface area contributed by atoms with Crippen molar-refractivity contribution in [3.05, 3.63) is 41.5 Å². The summed E-state index contributed by atoms with van der Waals surface area (Å²) in [6.45, 7) is 12.4. The molecule has 1 fully saturated rings. The van der Waals surface area contributed by atoms with Crippen LogP contribution in [0.4, 0.5) is 0 Å². The van der Waals surface area contributed by atoms with E-state index in [9.17, 15) is 0 Å². The van der Waals surface area contributed by atoms with Gasteiger partial charge in [0, 0.05) is 0 Å². The van der Waals surface area contributed by atoms with E-state index < -0.39 is 13.9 Å². The van der Waals surface area contributed by atoms with E-state index in [-0.39, 0.29) is 12.2 Å². The zero-order valence-corrected chi connectivity index (χ0v) is 16.4. The zero-order valence-electron chi connectivity index (χ0n) is 15.4. The van der Waals surface area contributed by atoms with Crippen molar-refractivity contribution in [2.75, 3.05) is 0 Å². The van der Waals surface area contributed by atoms with E-state index in [1.54, 1.807) is 0 Å². The maximum absolute atomic E-state index is 6.18. The molecule has 1 aromatic carbocycles. The Bertz CT molecular complexity index is 733. The van der Waals surface area contributed by atoms with Gasteiger partial charge in [-0.1, -0.05) is 55.7 Å². The number of hydrogen-bond donors (Lipinski definition) is 0. The standard InChI is InChI=1S/C21H26O2Si/c1-7-8-9-12-17-13-10-11-14-18(17)20-19(15-16-24(4,5)6)22-21(2,3)23-20/h9-14,19-20H,1-6H3/b12-9+/t19-,20-/m1/s1. The van der Waals surface area contributed by atoms with E-state index in [0.29, 0.717) is 0 Å². The van der Waals surface area contributed by atoms with Gasteiger partial charge in [-0.3, -0.25) is 0 Å². The molecule has 0 aromatic heterocycles. The number of benzene rings is 1. The maximum Gasteiger partial charge on any atom is 0.165 e. The average Bonchev–Trinajstić information content (AvgIpc) is 2.80. The minimum Gasteiger partial charge on any atom is -0.339 e. The van der Waals surface area contributed by atoms with Crippen LogP contribution in [0.3, 0.4) is 0 Å². The molecule has 126 valence electrons. The van der Waals surface area contributed by atoms with Crippen LogP contribution in [0.5, 0.6) is 0 Å². The number of allylic oxidation sites excluding steroid dienone is 1. The molecular formula is C21H26O2Si. The Balaban J connectivity index is 2.40. The fraction of sp³-hybridized carbons (Fsp3) is 0.429. The zero-order chi connectivity index (χ0) is 17.8. The third-order valence-corrected chi connectivity index (χ3v) is 4.37. The molecule has 0 unspecified atom stereocenters. The third-order valence-electron chi connectivity index (χ3n) is 3.48. The molecule has 0 amide bonds. The lowest BCUT2D eigenvalue weighted by atomic mass is 9.98. The van der Waals surface area contributed by atoms with Gasteiger partial charge in [-0.2, -0.15) is 0 Å². The summed E-state index contributed by atoms with van der Waals surface area (Å²) in [6, 6.07) is 8.20. The molecule has 0 bridgehead atoms. The van der Waals surface area contributed by atoms with Gasteiger partial charge in [-0.15, -0.1) is 11.5 Å². The second kappa shape index (κ2) is 7.41. The summed E-state index contributed by atoms with van der Waals surface area (Å²) in [5, 5.41) is 0. The van der Waals surface area contributed by atoms with Crippen LogP contribution in [0.25, 0.3) is 6.08 Å². The van der Waals surface area contributed by atoms with E-state index in [4.69, 9.17) is 9.47 Å². The van der Waals surface area contributed by atoms with Crippen LogP contribution in [-0.2, 0) is 9.47 Å². The van der Waals surface area contributed by atoms with Gasteiger partial charge in [0.25, 0.3) is 0 Å². The Morgan fingerprint density at radius 1 is 1.12 bits per heavy atom. The van der Waals surface area contributed by atoms with E-state index in [1.807, 2.05) is 45.1 Å². The van der Waals surface area contributed by atoms with E-state index in [1.165, 1.54) is 0 Å². The van der Waals surface area contributed by atoms with Crippen LogP contribution in [0.2, 0.25) is 19.6 Å². The summed E-state index contributed by atoms with van der Waals surface area (Å²) in [7, 11) is -1.47. The van der Waals surface area contributed by atoms with Crippen LogP contribution in [-0.4, -0.2) is 20.0 Å². The minimum atomic E-state index is -1.47. The molecule has 1 heterocycles. The highest BCUT2D eigenvalue weighted by Crippen LogP contribution is 2.39. The summed E-state index contributed by atoms with van der Waals surface area (Å²) in [5.74, 6) is 8.53. The predicted octanol–water partition coefficient (Wildman–Crippen LogP) is 4.80. The van der Waals surface area contributed by atoms with Gasteiger partial charge in [-0.25, -0.2) is 0 Å². The first kappa shape index (κ1) is 18.6. The molecule has 1 aliphatic rings. The smallest absolute Gasteiger partial charge is 0.165 e. The van der Waals surface area contributed by atoms with Crippen LogP contribution in [0.15, 0.2) is 30.3 Å². The predicted molar refractivity (Wildman–Crippen MR) is 103 cm³/mol. The highest BCUT2D eigenvalue weighted by Gasteiger charge is 2.42. The quantitative estimate of drug-likeness (QED) is 0.570. The number of ether oxygens (including phenoxy) is 2. The van der Waals surface area contributed by atoms with Gasteiger partial charge in [0.1, 0.15) is 14.2 Å². The Labute approximate surface area is 147 Å². The van der Waals surface area contributed by atoms with Crippen LogP contribution in [0, 0.1) is 23.3 Å². The lowest BCUT2D eigenvalue weighted by Crippen LogP contribution is -2.22. The Morgan fingerprint density at radius 2 is 1.83 bits per heavy atom. The van der Waals surface area contributed by atoms with E-state index in [2.05, 4.69) is 55.1 Å². The van der Waals surface area contributed by atoms with Crippen molar-refractivity contribution in [3.63, 3.8) is 0 Å². The molecule has 1 saturated heterocycles.